The Balaban J connectivity index is 1.62. The quantitative estimate of drug-likeness (QED) is 0.660. The molecule has 1 heterocycles. The Morgan fingerprint density at radius 1 is 1.12 bits per heavy atom. The van der Waals surface area contributed by atoms with Crippen molar-refractivity contribution in [2.24, 2.45) is 34.0 Å². The zero-order valence-electron chi connectivity index (χ0n) is 16.2. The Labute approximate surface area is 157 Å². The van der Waals surface area contributed by atoms with Gasteiger partial charge in [-0.05, 0) is 72.7 Å². The molecule has 6 fully saturated rings. The number of aliphatic hydroxyl groups excluding tert-OH is 3. The van der Waals surface area contributed by atoms with Gasteiger partial charge in [0.05, 0.1) is 18.8 Å². The molecule has 4 nitrogen and oxygen atoms in total. The number of likely N-dealkylation sites (tertiary alicyclic amines) is 1. The fourth-order valence-corrected chi connectivity index (χ4v) is 8.82. The third kappa shape index (κ3) is 1.95. The lowest BCUT2D eigenvalue weighted by Crippen LogP contribution is -2.74. The lowest BCUT2D eigenvalue weighted by molar-refractivity contribution is -0.276. The summed E-state index contributed by atoms with van der Waals surface area (Å²) >= 11 is 0. The molecular formula is C22H35NO3. The van der Waals surface area contributed by atoms with Gasteiger partial charge in [-0.1, -0.05) is 19.9 Å². The smallest absolute Gasteiger partial charge is 0.0834 e. The maximum absolute atomic E-state index is 11.4. The Bertz CT molecular complexity index is 623. The van der Waals surface area contributed by atoms with Gasteiger partial charge in [0.1, 0.15) is 0 Å². The molecule has 0 aromatic heterocycles. The Kier molecular flexibility index (Phi) is 3.78. The van der Waals surface area contributed by atoms with Gasteiger partial charge in [-0.15, -0.1) is 0 Å². The van der Waals surface area contributed by atoms with Crippen LogP contribution in [0.3, 0.4) is 0 Å². The van der Waals surface area contributed by atoms with E-state index in [1.807, 2.05) is 0 Å². The molecule has 5 aliphatic carbocycles. The largest absolute Gasteiger partial charge is 0.395 e. The van der Waals surface area contributed by atoms with Crippen LogP contribution in [-0.4, -0.2) is 58.7 Å². The lowest BCUT2D eigenvalue weighted by atomic mass is 9.34. The molecule has 26 heavy (non-hydrogen) atoms. The molecule has 3 N–H and O–H groups in total. The molecule has 0 aromatic rings. The number of piperidine rings is 1. The summed E-state index contributed by atoms with van der Waals surface area (Å²) in [6.45, 7) is 9.72. The first-order valence-corrected chi connectivity index (χ1v) is 10.8. The van der Waals surface area contributed by atoms with E-state index < -0.39 is 12.2 Å². The molecule has 4 bridgehead atoms. The molecule has 8 atom stereocenters. The summed E-state index contributed by atoms with van der Waals surface area (Å²) in [5.41, 5.74) is 1.04. The predicted octanol–water partition coefficient (Wildman–Crippen LogP) is 2.19. The molecule has 0 aromatic carbocycles. The summed E-state index contributed by atoms with van der Waals surface area (Å²) in [5.74, 6) is 1.37. The van der Waals surface area contributed by atoms with Crippen LogP contribution < -0.4 is 0 Å². The molecular weight excluding hydrogens is 326 g/mol. The number of hydrogen-bond donors (Lipinski definition) is 3. The van der Waals surface area contributed by atoms with Gasteiger partial charge in [0, 0.05) is 25.0 Å². The molecule has 0 amide bonds. The Hall–Kier alpha value is -0.420. The van der Waals surface area contributed by atoms with Gasteiger partial charge in [-0.25, -0.2) is 0 Å². The second kappa shape index (κ2) is 5.56. The van der Waals surface area contributed by atoms with Crippen LogP contribution in [0.15, 0.2) is 12.2 Å². The molecule has 146 valence electrons. The molecule has 0 radical (unpaired) electrons. The Morgan fingerprint density at radius 2 is 1.92 bits per heavy atom. The highest BCUT2D eigenvalue weighted by Crippen LogP contribution is 2.73. The summed E-state index contributed by atoms with van der Waals surface area (Å²) in [4.78, 5) is 2.49. The SMILES string of the molecule is C=C1[C@H]2CC[C@@]3([C@H](O)C[C@H]4[C@@]5(C)CCC[C@@]4(CN(CCO)C5)[C@H]3C2)[C@@H]1O. The van der Waals surface area contributed by atoms with E-state index >= 15 is 0 Å². The van der Waals surface area contributed by atoms with Gasteiger partial charge in [0.15, 0.2) is 0 Å². The molecule has 5 saturated carbocycles. The number of fused-ring (bicyclic) bond motifs is 2. The van der Waals surface area contributed by atoms with E-state index in [2.05, 4.69) is 18.4 Å². The van der Waals surface area contributed by atoms with Gasteiger partial charge in [0.2, 0.25) is 0 Å². The lowest BCUT2D eigenvalue weighted by Gasteiger charge is -2.73. The number of nitrogens with zero attached hydrogens (tertiary/aromatic N) is 1. The van der Waals surface area contributed by atoms with E-state index in [-0.39, 0.29) is 22.9 Å². The minimum Gasteiger partial charge on any atom is -0.395 e. The third-order valence-corrected chi connectivity index (χ3v) is 9.70. The van der Waals surface area contributed by atoms with Crippen LogP contribution in [0.4, 0.5) is 0 Å². The van der Waals surface area contributed by atoms with Crippen molar-refractivity contribution < 1.29 is 15.3 Å². The van der Waals surface area contributed by atoms with Crippen molar-refractivity contribution in [2.75, 3.05) is 26.2 Å². The second-order valence-corrected chi connectivity index (χ2v) is 10.6. The van der Waals surface area contributed by atoms with Crippen molar-refractivity contribution in [3.8, 4) is 0 Å². The van der Waals surface area contributed by atoms with Gasteiger partial charge < -0.3 is 15.3 Å². The fourth-order valence-electron chi connectivity index (χ4n) is 8.82. The zero-order valence-corrected chi connectivity index (χ0v) is 16.2. The van der Waals surface area contributed by atoms with E-state index in [0.717, 1.165) is 50.9 Å². The first-order chi connectivity index (χ1) is 12.4. The van der Waals surface area contributed by atoms with E-state index in [9.17, 15) is 15.3 Å². The van der Waals surface area contributed by atoms with Crippen LogP contribution >= 0.6 is 0 Å². The molecule has 1 saturated heterocycles. The highest BCUT2D eigenvalue weighted by atomic mass is 16.3. The van der Waals surface area contributed by atoms with E-state index in [1.54, 1.807) is 0 Å². The number of β-amino-alcohol motifs (C(OH)–C–C–N with tert-alkyl or cyclic N) is 1. The number of rotatable bonds is 2. The predicted molar refractivity (Wildman–Crippen MR) is 100 cm³/mol. The third-order valence-electron chi connectivity index (χ3n) is 9.70. The standard InChI is InChI=1S/C22H35NO3/c1-14-15-4-7-22(19(14)26)17(10-15)21-6-3-5-20(2,16(21)11-18(22)25)12-23(13-21)8-9-24/h15-19,24-26H,1,3-13H2,2H3/t15-,16-,17+,18+,19+,20-,21-,22+/m0/s1. The molecule has 6 aliphatic rings. The summed E-state index contributed by atoms with van der Waals surface area (Å²) in [6, 6.07) is 0. The van der Waals surface area contributed by atoms with E-state index in [1.165, 1.54) is 19.3 Å². The highest BCUT2D eigenvalue weighted by Gasteiger charge is 2.72. The van der Waals surface area contributed by atoms with Crippen LogP contribution in [0, 0.1) is 34.0 Å². The van der Waals surface area contributed by atoms with Crippen LogP contribution in [0.2, 0.25) is 0 Å². The van der Waals surface area contributed by atoms with Gasteiger partial charge >= 0.3 is 0 Å². The summed E-state index contributed by atoms with van der Waals surface area (Å²) in [5, 5.41) is 32.2. The van der Waals surface area contributed by atoms with Gasteiger partial charge in [-0.3, -0.25) is 4.90 Å². The summed E-state index contributed by atoms with van der Waals surface area (Å²) < 4.78 is 0. The van der Waals surface area contributed by atoms with Crippen molar-refractivity contribution in [3.63, 3.8) is 0 Å². The topological polar surface area (TPSA) is 63.9 Å². The van der Waals surface area contributed by atoms with Crippen LogP contribution in [0.1, 0.15) is 51.9 Å². The van der Waals surface area contributed by atoms with Crippen molar-refractivity contribution >= 4 is 0 Å². The number of hydrogen-bond acceptors (Lipinski definition) is 4. The first-order valence-electron chi connectivity index (χ1n) is 10.8. The number of aliphatic hydroxyl groups is 3. The maximum Gasteiger partial charge on any atom is 0.0834 e. The molecule has 1 aliphatic heterocycles. The summed E-state index contributed by atoms with van der Waals surface area (Å²) in [6.07, 6.45) is 6.77. The Morgan fingerprint density at radius 3 is 2.69 bits per heavy atom. The van der Waals surface area contributed by atoms with E-state index in [0.29, 0.717) is 17.8 Å². The fraction of sp³-hybridized carbons (Fsp3) is 0.909. The summed E-state index contributed by atoms with van der Waals surface area (Å²) in [7, 11) is 0. The van der Waals surface area contributed by atoms with Crippen molar-refractivity contribution in [1.29, 1.82) is 0 Å². The molecule has 4 heteroatoms. The minimum absolute atomic E-state index is 0.194. The monoisotopic (exact) mass is 361 g/mol. The zero-order chi connectivity index (χ0) is 18.3. The van der Waals surface area contributed by atoms with E-state index in [4.69, 9.17) is 0 Å². The van der Waals surface area contributed by atoms with Crippen LogP contribution in [0.5, 0.6) is 0 Å². The molecule has 6 rings (SSSR count). The average Bonchev–Trinajstić information content (AvgIpc) is 2.60. The van der Waals surface area contributed by atoms with Crippen molar-refractivity contribution in [3.05, 3.63) is 12.2 Å². The van der Waals surface area contributed by atoms with Crippen LogP contribution in [0.25, 0.3) is 0 Å². The molecule has 0 unspecified atom stereocenters. The first kappa shape index (κ1) is 17.7. The van der Waals surface area contributed by atoms with Gasteiger partial charge in [0.25, 0.3) is 0 Å². The van der Waals surface area contributed by atoms with Crippen LogP contribution in [-0.2, 0) is 0 Å². The average molecular weight is 362 g/mol. The minimum atomic E-state index is -0.535. The van der Waals surface area contributed by atoms with Crippen molar-refractivity contribution in [2.45, 2.75) is 64.1 Å². The highest BCUT2D eigenvalue weighted by molar-refractivity contribution is 5.29. The van der Waals surface area contributed by atoms with Gasteiger partial charge in [-0.2, -0.15) is 0 Å². The maximum atomic E-state index is 11.4. The normalized spacial score (nSPS) is 56.2. The van der Waals surface area contributed by atoms with Crippen molar-refractivity contribution in [1.82, 2.24) is 4.90 Å². The second-order valence-electron chi connectivity index (χ2n) is 10.6. The molecule has 1 spiro atoms.